The molecule has 6 heteroatoms. The highest BCUT2D eigenvalue weighted by atomic mass is 16.5. The van der Waals surface area contributed by atoms with Gasteiger partial charge in [-0.2, -0.15) is 0 Å². The molecule has 0 spiro atoms. The normalized spacial score (nSPS) is 14.4. The Bertz CT molecular complexity index is 657. The number of furan rings is 1. The summed E-state index contributed by atoms with van der Waals surface area (Å²) in [6.45, 7) is 6.28. The molecule has 1 heterocycles. The van der Waals surface area contributed by atoms with E-state index in [0.717, 1.165) is 11.3 Å². The lowest BCUT2D eigenvalue weighted by atomic mass is 10.1. The molecule has 0 bridgehead atoms. The van der Waals surface area contributed by atoms with Crippen LogP contribution >= 0.6 is 0 Å². The molecule has 0 radical (unpaired) electrons. The maximum absolute atomic E-state index is 12.2. The minimum absolute atomic E-state index is 0.164. The lowest BCUT2D eigenvalue weighted by Gasteiger charge is -2.20. The molecule has 0 saturated heterocycles. The zero-order chi connectivity index (χ0) is 18.2. The predicted octanol–water partition coefficient (Wildman–Crippen LogP) is 3.55. The van der Waals surface area contributed by atoms with E-state index in [1.165, 1.54) is 6.26 Å². The Balaban J connectivity index is 1.83. The SMILES string of the molecule is CCOc1cccc(C(C)NC(=O)NC(C)CC(O)c2ccco2)c1. The van der Waals surface area contributed by atoms with Crippen LogP contribution in [0, 0.1) is 0 Å². The fourth-order valence-electron chi connectivity index (χ4n) is 2.58. The van der Waals surface area contributed by atoms with E-state index >= 15 is 0 Å². The molecule has 2 amide bonds. The van der Waals surface area contributed by atoms with Crippen molar-refractivity contribution < 1.29 is 19.1 Å². The zero-order valence-corrected chi connectivity index (χ0v) is 14.9. The van der Waals surface area contributed by atoms with Crippen LogP contribution in [0.15, 0.2) is 47.1 Å². The van der Waals surface area contributed by atoms with Gasteiger partial charge >= 0.3 is 6.03 Å². The maximum Gasteiger partial charge on any atom is 0.315 e. The molecule has 1 aromatic heterocycles. The van der Waals surface area contributed by atoms with Crippen molar-refractivity contribution in [3.63, 3.8) is 0 Å². The molecule has 3 N–H and O–H groups in total. The number of carbonyl (C=O) groups is 1. The standard InChI is InChI=1S/C19H26N2O4/c1-4-24-16-8-5-7-15(12-16)14(3)21-19(23)20-13(2)11-17(22)18-9-6-10-25-18/h5-10,12-14,17,22H,4,11H2,1-3H3,(H2,20,21,23). The highest BCUT2D eigenvalue weighted by Gasteiger charge is 2.17. The summed E-state index contributed by atoms with van der Waals surface area (Å²) in [5, 5.41) is 15.8. The Morgan fingerprint density at radius 1 is 1.24 bits per heavy atom. The Hall–Kier alpha value is -2.47. The lowest BCUT2D eigenvalue weighted by molar-refractivity contribution is 0.129. The van der Waals surface area contributed by atoms with Crippen molar-refractivity contribution in [2.75, 3.05) is 6.61 Å². The Morgan fingerprint density at radius 2 is 2.04 bits per heavy atom. The molecule has 0 aliphatic rings. The molecule has 0 saturated carbocycles. The second kappa shape index (κ2) is 9.13. The molecule has 0 aliphatic carbocycles. The molecule has 2 rings (SSSR count). The zero-order valence-electron chi connectivity index (χ0n) is 14.9. The molecule has 136 valence electrons. The first-order valence-corrected chi connectivity index (χ1v) is 8.50. The molecular weight excluding hydrogens is 320 g/mol. The third-order valence-corrected chi connectivity index (χ3v) is 3.84. The average molecular weight is 346 g/mol. The summed E-state index contributed by atoms with van der Waals surface area (Å²) in [6.07, 6.45) is 1.14. The number of amides is 2. The number of hydrogen-bond donors (Lipinski definition) is 3. The summed E-state index contributed by atoms with van der Waals surface area (Å²) in [4.78, 5) is 12.2. The Kier molecular flexibility index (Phi) is 6.89. The van der Waals surface area contributed by atoms with Gasteiger partial charge in [-0.1, -0.05) is 12.1 Å². The molecule has 0 fully saturated rings. The number of aliphatic hydroxyl groups is 1. The van der Waals surface area contributed by atoms with Crippen molar-refractivity contribution in [3.05, 3.63) is 54.0 Å². The van der Waals surface area contributed by atoms with E-state index in [4.69, 9.17) is 9.15 Å². The smallest absolute Gasteiger partial charge is 0.315 e. The van der Waals surface area contributed by atoms with Crippen LogP contribution in [0.4, 0.5) is 4.79 Å². The van der Waals surface area contributed by atoms with Gasteiger partial charge in [0, 0.05) is 12.5 Å². The molecule has 3 atom stereocenters. The first-order chi connectivity index (χ1) is 12.0. The maximum atomic E-state index is 12.2. The van der Waals surface area contributed by atoms with Crippen LogP contribution in [0.5, 0.6) is 5.75 Å². The number of nitrogens with one attached hydrogen (secondary N) is 2. The number of aliphatic hydroxyl groups excluding tert-OH is 1. The van der Waals surface area contributed by atoms with Crippen molar-refractivity contribution in [3.8, 4) is 5.75 Å². The minimum Gasteiger partial charge on any atom is -0.494 e. The van der Waals surface area contributed by atoms with E-state index < -0.39 is 6.10 Å². The molecule has 25 heavy (non-hydrogen) atoms. The van der Waals surface area contributed by atoms with E-state index in [1.807, 2.05) is 45.0 Å². The van der Waals surface area contributed by atoms with Gasteiger partial charge < -0.3 is 24.9 Å². The first-order valence-electron chi connectivity index (χ1n) is 8.50. The van der Waals surface area contributed by atoms with Crippen molar-refractivity contribution >= 4 is 6.03 Å². The number of urea groups is 1. The molecule has 3 unspecified atom stereocenters. The Morgan fingerprint density at radius 3 is 2.72 bits per heavy atom. The van der Waals surface area contributed by atoms with Crippen molar-refractivity contribution in [2.45, 2.75) is 45.4 Å². The van der Waals surface area contributed by atoms with Crippen LogP contribution < -0.4 is 15.4 Å². The Labute approximate surface area is 148 Å². The summed E-state index contributed by atoms with van der Waals surface area (Å²) >= 11 is 0. The quantitative estimate of drug-likeness (QED) is 0.682. The van der Waals surface area contributed by atoms with Gasteiger partial charge in [0.1, 0.15) is 17.6 Å². The average Bonchev–Trinajstić information content (AvgIpc) is 3.09. The van der Waals surface area contributed by atoms with Gasteiger partial charge in [0.25, 0.3) is 0 Å². The van der Waals surface area contributed by atoms with E-state index in [-0.39, 0.29) is 18.1 Å². The van der Waals surface area contributed by atoms with Crippen molar-refractivity contribution in [1.29, 1.82) is 0 Å². The topological polar surface area (TPSA) is 83.7 Å². The van der Waals surface area contributed by atoms with Crippen LogP contribution in [0.1, 0.15) is 50.7 Å². The van der Waals surface area contributed by atoms with Crippen LogP contribution in [-0.2, 0) is 0 Å². The lowest BCUT2D eigenvalue weighted by Crippen LogP contribution is -2.42. The second-order valence-electron chi connectivity index (χ2n) is 6.01. The first kappa shape index (κ1) is 18.9. The monoisotopic (exact) mass is 346 g/mol. The van der Waals surface area contributed by atoms with Gasteiger partial charge in [-0.05, 0) is 50.6 Å². The van der Waals surface area contributed by atoms with Crippen LogP contribution in [0.2, 0.25) is 0 Å². The van der Waals surface area contributed by atoms with Gasteiger partial charge in [-0.15, -0.1) is 0 Å². The van der Waals surface area contributed by atoms with Crippen LogP contribution in [-0.4, -0.2) is 23.8 Å². The van der Waals surface area contributed by atoms with Gasteiger partial charge in [0.15, 0.2) is 0 Å². The fraction of sp³-hybridized carbons (Fsp3) is 0.421. The van der Waals surface area contributed by atoms with Crippen molar-refractivity contribution in [2.24, 2.45) is 0 Å². The summed E-state index contributed by atoms with van der Waals surface area (Å²) in [7, 11) is 0. The fourth-order valence-corrected chi connectivity index (χ4v) is 2.58. The van der Waals surface area contributed by atoms with E-state index in [9.17, 15) is 9.90 Å². The summed E-state index contributed by atoms with van der Waals surface area (Å²) in [6, 6.07) is 10.4. The third kappa shape index (κ3) is 5.83. The number of rotatable bonds is 8. The molecule has 0 aliphatic heterocycles. The molecule has 2 aromatic rings. The highest BCUT2D eigenvalue weighted by Crippen LogP contribution is 2.20. The van der Waals surface area contributed by atoms with Gasteiger partial charge in [0.05, 0.1) is 18.9 Å². The van der Waals surface area contributed by atoms with E-state index in [2.05, 4.69) is 10.6 Å². The number of hydrogen-bond acceptors (Lipinski definition) is 4. The largest absolute Gasteiger partial charge is 0.494 e. The second-order valence-corrected chi connectivity index (χ2v) is 6.01. The van der Waals surface area contributed by atoms with Gasteiger partial charge in [-0.3, -0.25) is 0 Å². The van der Waals surface area contributed by atoms with Crippen LogP contribution in [0.25, 0.3) is 0 Å². The molecule has 1 aromatic carbocycles. The van der Waals surface area contributed by atoms with Gasteiger partial charge in [0.2, 0.25) is 0 Å². The molecule has 6 nitrogen and oxygen atoms in total. The summed E-state index contributed by atoms with van der Waals surface area (Å²) < 4.78 is 10.6. The van der Waals surface area contributed by atoms with E-state index in [0.29, 0.717) is 18.8 Å². The number of ether oxygens (including phenoxy) is 1. The number of carbonyl (C=O) groups excluding carboxylic acids is 1. The summed E-state index contributed by atoms with van der Waals surface area (Å²) in [5.74, 6) is 1.28. The number of benzene rings is 1. The summed E-state index contributed by atoms with van der Waals surface area (Å²) in [5.41, 5.74) is 0.962. The minimum atomic E-state index is -0.745. The third-order valence-electron chi connectivity index (χ3n) is 3.84. The van der Waals surface area contributed by atoms with Crippen molar-refractivity contribution in [1.82, 2.24) is 10.6 Å². The van der Waals surface area contributed by atoms with E-state index in [1.54, 1.807) is 12.1 Å². The van der Waals surface area contributed by atoms with Crippen LogP contribution in [0.3, 0.4) is 0 Å². The van der Waals surface area contributed by atoms with Gasteiger partial charge in [-0.25, -0.2) is 4.79 Å². The molecular formula is C19H26N2O4. The highest BCUT2D eigenvalue weighted by molar-refractivity contribution is 5.74. The predicted molar refractivity (Wildman–Crippen MR) is 95.4 cm³/mol.